The number of carbonyl (C=O) groups excluding carboxylic acids is 1. The van der Waals surface area contributed by atoms with Gasteiger partial charge in [0.1, 0.15) is 16.9 Å². The van der Waals surface area contributed by atoms with Crippen LogP contribution < -0.4 is 4.74 Å². The van der Waals surface area contributed by atoms with Gasteiger partial charge in [0.2, 0.25) is 0 Å². The molecule has 6 nitrogen and oxygen atoms in total. The molecule has 1 aliphatic carbocycles. The lowest BCUT2D eigenvalue weighted by Gasteiger charge is -2.23. The molecule has 0 saturated heterocycles. The molecule has 3 heterocycles. The Morgan fingerprint density at radius 1 is 1.03 bits per heavy atom. The van der Waals surface area contributed by atoms with E-state index in [4.69, 9.17) is 14.7 Å². The van der Waals surface area contributed by atoms with E-state index in [9.17, 15) is 4.79 Å². The molecular formula is C27H34N4O2. The SMILES string of the molecule is CCCCC(=O)Oc1cn(C2CCCCC2)c2nc(CCCC)n3c4ccccc4nc3c12. The Labute approximate surface area is 195 Å². The van der Waals surface area contributed by atoms with Gasteiger partial charge in [0, 0.05) is 25.1 Å². The van der Waals surface area contributed by atoms with Crippen molar-refractivity contribution >= 4 is 33.7 Å². The van der Waals surface area contributed by atoms with Crippen molar-refractivity contribution in [2.24, 2.45) is 0 Å². The molecule has 33 heavy (non-hydrogen) atoms. The second kappa shape index (κ2) is 9.54. The van der Waals surface area contributed by atoms with Gasteiger partial charge in [0.25, 0.3) is 0 Å². The largest absolute Gasteiger partial charge is 0.424 e. The number of benzene rings is 1. The van der Waals surface area contributed by atoms with Gasteiger partial charge in [0.05, 0.1) is 11.0 Å². The van der Waals surface area contributed by atoms with E-state index in [0.29, 0.717) is 18.2 Å². The first-order chi connectivity index (χ1) is 16.2. The number of nitrogens with zero attached hydrogens (tertiary/aromatic N) is 4. The van der Waals surface area contributed by atoms with Gasteiger partial charge in [-0.25, -0.2) is 9.97 Å². The average Bonchev–Trinajstić information content (AvgIpc) is 3.40. The van der Waals surface area contributed by atoms with Crippen LogP contribution in [-0.2, 0) is 11.2 Å². The summed E-state index contributed by atoms with van der Waals surface area (Å²) < 4.78 is 10.4. The molecule has 1 aliphatic rings. The summed E-state index contributed by atoms with van der Waals surface area (Å²) in [6.07, 6.45) is 13.4. The molecule has 0 radical (unpaired) electrons. The van der Waals surface area contributed by atoms with Crippen LogP contribution in [0, 0.1) is 0 Å². The number of rotatable bonds is 8. The summed E-state index contributed by atoms with van der Waals surface area (Å²) in [6.45, 7) is 4.30. The van der Waals surface area contributed by atoms with Crippen LogP contribution in [0.3, 0.4) is 0 Å². The maximum absolute atomic E-state index is 12.6. The van der Waals surface area contributed by atoms with E-state index in [-0.39, 0.29) is 5.97 Å². The fraction of sp³-hybridized carbons (Fsp3) is 0.519. The van der Waals surface area contributed by atoms with Crippen LogP contribution in [-0.4, -0.2) is 24.9 Å². The van der Waals surface area contributed by atoms with Crippen LogP contribution in [0.2, 0.25) is 0 Å². The molecule has 3 aromatic heterocycles. The highest BCUT2D eigenvalue weighted by atomic mass is 16.5. The Hall–Kier alpha value is -2.89. The van der Waals surface area contributed by atoms with Crippen molar-refractivity contribution in [2.75, 3.05) is 0 Å². The van der Waals surface area contributed by atoms with Crippen LogP contribution >= 0.6 is 0 Å². The van der Waals surface area contributed by atoms with Crippen molar-refractivity contribution in [1.82, 2.24) is 18.9 Å². The van der Waals surface area contributed by atoms with Crippen molar-refractivity contribution in [3.8, 4) is 5.75 Å². The number of hydrogen-bond donors (Lipinski definition) is 0. The smallest absolute Gasteiger partial charge is 0.311 e. The molecule has 0 bridgehead atoms. The van der Waals surface area contributed by atoms with E-state index >= 15 is 0 Å². The van der Waals surface area contributed by atoms with Crippen molar-refractivity contribution in [2.45, 2.75) is 90.5 Å². The first-order valence-electron chi connectivity index (χ1n) is 12.7. The van der Waals surface area contributed by atoms with Gasteiger partial charge in [-0.15, -0.1) is 0 Å². The Morgan fingerprint density at radius 3 is 2.61 bits per heavy atom. The fourth-order valence-electron chi connectivity index (χ4n) is 5.15. The third-order valence-corrected chi connectivity index (χ3v) is 6.93. The molecule has 5 rings (SSSR count). The topological polar surface area (TPSA) is 61.4 Å². The number of imidazole rings is 1. The highest BCUT2D eigenvalue weighted by Gasteiger charge is 2.26. The lowest BCUT2D eigenvalue weighted by molar-refractivity contribution is -0.134. The minimum Gasteiger partial charge on any atom is -0.424 e. The molecule has 6 heteroatoms. The molecule has 0 unspecified atom stereocenters. The molecule has 0 atom stereocenters. The van der Waals surface area contributed by atoms with Gasteiger partial charge in [0.15, 0.2) is 11.4 Å². The van der Waals surface area contributed by atoms with Crippen molar-refractivity contribution in [3.63, 3.8) is 0 Å². The minimum absolute atomic E-state index is 0.177. The van der Waals surface area contributed by atoms with Crippen molar-refractivity contribution in [1.29, 1.82) is 0 Å². The Kier molecular flexibility index (Phi) is 6.34. The lowest BCUT2D eigenvalue weighted by Crippen LogP contribution is -2.13. The third kappa shape index (κ3) is 4.11. The van der Waals surface area contributed by atoms with E-state index < -0.39 is 0 Å². The maximum atomic E-state index is 12.6. The van der Waals surface area contributed by atoms with Crippen LogP contribution in [0.1, 0.15) is 89.9 Å². The summed E-state index contributed by atoms with van der Waals surface area (Å²) in [5.74, 6) is 1.46. The second-order valence-corrected chi connectivity index (χ2v) is 9.36. The molecule has 1 aromatic carbocycles. The predicted molar refractivity (Wildman–Crippen MR) is 132 cm³/mol. The Balaban J connectivity index is 1.75. The quantitative estimate of drug-likeness (QED) is 0.280. The van der Waals surface area contributed by atoms with E-state index in [2.05, 4.69) is 28.9 Å². The Bertz CT molecular complexity index is 1280. The standard InChI is InChI=1S/C27H34N4O2/c1-3-5-16-23-29-26-25(27-28-20-14-10-11-15-21(20)31(23)27)22(33-24(32)17-6-4-2)18-30(26)19-12-8-7-9-13-19/h10-11,14-15,18-19H,3-9,12-13,16-17H2,1-2H3. The van der Waals surface area contributed by atoms with Crippen LogP contribution in [0.4, 0.5) is 0 Å². The minimum atomic E-state index is -0.177. The first-order valence-corrected chi connectivity index (χ1v) is 12.7. The van der Waals surface area contributed by atoms with Gasteiger partial charge < -0.3 is 9.30 Å². The lowest BCUT2D eigenvalue weighted by atomic mass is 9.95. The molecule has 174 valence electrons. The number of para-hydroxylation sites is 2. The molecule has 0 N–H and O–H groups in total. The molecule has 4 aromatic rings. The van der Waals surface area contributed by atoms with Gasteiger partial charge in [-0.3, -0.25) is 9.20 Å². The number of hydrogen-bond acceptors (Lipinski definition) is 4. The van der Waals surface area contributed by atoms with Gasteiger partial charge in [-0.1, -0.05) is 58.1 Å². The van der Waals surface area contributed by atoms with Crippen LogP contribution in [0.5, 0.6) is 5.75 Å². The zero-order valence-electron chi connectivity index (χ0n) is 19.8. The number of unbranched alkanes of at least 4 members (excludes halogenated alkanes) is 2. The number of fused-ring (bicyclic) bond motifs is 5. The van der Waals surface area contributed by atoms with Crippen LogP contribution in [0.15, 0.2) is 30.5 Å². The third-order valence-electron chi connectivity index (χ3n) is 6.93. The number of aromatic nitrogens is 4. The average molecular weight is 447 g/mol. The first kappa shape index (κ1) is 21.9. The van der Waals surface area contributed by atoms with E-state index in [1.54, 1.807) is 0 Å². The molecular weight excluding hydrogens is 412 g/mol. The highest BCUT2D eigenvalue weighted by Crippen LogP contribution is 2.38. The van der Waals surface area contributed by atoms with Crippen molar-refractivity contribution < 1.29 is 9.53 Å². The van der Waals surface area contributed by atoms with E-state index in [0.717, 1.165) is 78.5 Å². The Morgan fingerprint density at radius 2 is 1.82 bits per heavy atom. The zero-order valence-corrected chi connectivity index (χ0v) is 19.8. The van der Waals surface area contributed by atoms with Gasteiger partial charge in [-0.2, -0.15) is 0 Å². The maximum Gasteiger partial charge on any atom is 0.311 e. The second-order valence-electron chi connectivity index (χ2n) is 9.36. The zero-order chi connectivity index (χ0) is 22.8. The van der Waals surface area contributed by atoms with Gasteiger partial charge >= 0.3 is 5.97 Å². The summed E-state index contributed by atoms with van der Waals surface area (Å²) >= 11 is 0. The van der Waals surface area contributed by atoms with Crippen LogP contribution in [0.25, 0.3) is 27.7 Å². The number of aryl methyl sites for hydroxylation is 1. The van der Waals surface area contributed by atoms with Crippen molar-refractivity contribution in [3.05, 3.63) is 36.3 Å². The summed E-state index contributed by atoms with van der Waals surface area (Å²) in [5, 5.41) is 0.863. The highest BCUT2D eigenvalue weighted by molar-refractivity contribution is 6.01. The summed E-state index contributed by atoms with van der Waals surface area (Å²) in [6, 6.07) is 8.60. The molecule has 0 amide bonds. The molecule has 1 fully saturated rings. The summed E-state index contributed by atoms with van der Waals surface area (Å²) in [7, 11) is 0. The monoisotopic (exact) mass is 446 g/mol. The fourth-order valence-corrected chi connectivity index (χ4v) is 5.15. The van der Waals surface area contributed by atoms with E-state index in [1.165, 1.54) is 19.3 Å². The number of ether oxygens (including phenoxy) is 1. The number of carbonyl (C=O) groups is 1. The summed E-state index contributed by atoms with van der Waals surface area (Å²) in [5.41, 5.74) is 3.76. The van der Waals surface area contributed by atoms with Gasteiger partial charge in [-0.05, 0) is 37.8 Å². The molecule has 0 aliphatic heterocycles. The van der Waals surface area contributed by atoms with E-state index in [1.807, 2.05) is 24.4 Å². The molecule has 1 saturated carbocycles. The molecule has 0 spiro atoms. The normalized spacial score (nSPS) is 15.1. The number of esters is 1. The predicted octanol–water partition coefficient (Wildman–Crippen LogP) is 6.78. The summed E-state index contributed by atoms with van der Waals surface area (Å²) in [4.78, 5) is 22.9.